The topological polar surface area (TPSA) is 141 Å². The van der Waals surface area contributed by atoms with Gasteiger partial charge in [0.2, 0.25) is 22.2 Å². The fourth-order valence-corrected chi connectivity index (χ4v) is 4.99. The van der Waals surface area contributed by atoms with Crippen LogP contribution in [0.25, 0.3) is 0 Å². The molecule has 226 valence electrons. The second-order valence-corrected chi connectivity index (χ2v) is 10.7. The van der Waals surface area contributed by atoms with Crippen molar-refractivity contribution >= 4 is 46.4 Å². The highest BCUT2D eigenvalue weighted by molar-refractivity contribution is 6.32. The van der Waals surface area contributed by atoms with Gasteiger partial charge < -0.3 is 14.5 Å². The van der Waals surface area contributed by atoms with Gasteiger partial charge >= 0.3 is 0 Å². The Morgan fingerprint density at radius 1 is 0.791 bits per heavy atom. The van der Waals surface area contributed by atoms with Gasteiger partial charge in [0.1, 0.15) is 0 Å². The molecule has 0 spiro atoms. The molecule has 5 rings (SSSR count). The Morgan fingerprint density at radius 2 is 1.26 bits per heavy atom. The van der Waals surface area contributed by atoms with Gasteiger partial charge in [-0.15, -0.1) is 0 Å². The third-order valence-electron chi connectivity index (χ3n) is 6.79. The number of rotatable bonds is 5. The third-order valence-corrected chi connectivity index (χ3v) is 7.38. The van der Waals surface area contributed by atoms with Gasteiger partial charge in [0.25, 0.3) is 5.88 Å². The first kappa shape index (κ1) is 32.2. The van der Waals surface area contributed by atoms with Crippen molar-refractivity contribution in [3.63, 3.8) is 0 Å². The number of piperidine rings is 2. The zero-order valence-electron chi connectivity index (χ0n) is 22.7. The molecule has 2 saturated heterocycles. The van der Waals surface area contributed by atoms with Gasteiger partial charge in [-0.25, -0.2) is 19.3 Å². The van der Waals surface area contributed by atoms with Crippen molar-refractivity contribution in [2.75, 3.05) is 36.0 Å². The number of halogens is 6. The summed E-state index contributed by atoms with van der Waals surface area (Å²) >= 11 is 17.2. The van der Waals surface area contributed by atoms with Crippen LogP contribution in [-0.2, 0) is 0 Å². The van der Waals surface area contributed by atoms with Crippen LogP contribution in [0.4, 0.5) is 24.8 Å². The molecule has 3 aromatic rings. The summed E-state index contributed by atoms with van der Waals surface area (Å²) in [5, 5.41) is 17.2. The maximum Gasteiger partial charge on any atom is 0.257 e. The van der Waals surface area contributed by atoms with Crippen LogP contribution in [0.2, 0.25) is 15.7 Å². The Labute approximate surface area is 260 Å². The summed E-state index contributed by atoms with van der Waals surface area (Å²) in [6.07, 6.45) is 3.84. The largest absolute Gasteiger partial charge is 0.464 e. The normalized spacial score (nSPS) is 16.5. The average Bonchev–Trinajstić information content (AvgIpc) is 3.01. The lowest BCUT2D eigenvalue weighted by Crippen LogP contribution is -2.34. The fourth-order valence-electron chi connectivity index (χ4n) is 4.46. The minimum absolute atomic E-state index is 0.0297. The van der Waals surface area contributed by atoms with Crippen molar-refractivity contribution < 1.29 is 17.9 Å². The van der Waals surface area contributed by atoms with Crippen LogP contribution in [0.5, 0.6) is 5.88 Å². The number of ether oxygens (including phenoxy) is 1. The van der Waals surface area contributed by atoms with Crippen molar-refractivity contribution in [3.05, 3.63) is 51.4 Å². The highest BCUT2D eigenvalue weighted by Gasteiger charge is 2.27. The van der Waals surface area contributed by atoms with E-state index in [4.69, 9.17) is 50.1 Å². The monoisotopic (exact) mass is 654 g/mol. The lowest BCUT2D eigenvalue weighted by atomic mass is 9.99. The molecule has 3 aromatic heterocycles. The van der Waals surface area contributed by atoms with Crippen LogP contribution >= 0.6 is 34.8 Å². The van der Waals surface area contributed by atoms with Gasteiger partial charge in [0.15, 0.2) is 34.5 Å². The summed E-state index contributed by atoms with van der Waals surface area (Å²) in [5.74, 6) is -2.01. The molecule has 1 unspecified atom stereocenters. The Hall–Kier alpha value is -3.72. The van der Waals surface area contributed by atoms with Gasteiger partial charge in [-0.05, 0) is 55.8 Å². The molecule has 0 saturated carbocycles. The molecular formula is C26H24Cl3F3N10O. The van der Waals surface area contributed by atoms with Gasteiger partial charge in [0.05, 0.1) is 24.5 Å². The Balaban J connectivity index is 0.000000215. The molecule has 0 aromatic carbocycles. The van der Waals surface area contributed by atoms with Crippen LogP contribution in [0.3, 0.4) is 0 Å². The number of hydrogen-bond acceptors (Lipinski definition) is 11. The highest BCUT2D eigenvalue weighted by Crippen LogP contribution is 2.31. The molecule has 5 heterocycles. The Kier molecular flexibility index (Phi) is 11.0. The fraction of sp³-hybridized carbons (Fsp3) is 0.462. The molecule has 17 heteroatoms. The van der Waals surface area contributed by atoms with E-state index in [1.807, 2.05) is 0 Å². The van der Waals surface area contributed by atoms with Crippen molar-refractivity contribution in [3.8, 4) is 18.0 Å². The molecule has 43 heavy (non-hydrogen) atoms. The second-order valence-electron chi connectivity index (χ2n) is 9.66. The van der Waals surface area contributed by atoms with Gasteiger partial charge in [-0.1, -0.05) is 11.6 Å². The molecule has 0 bridgehead atoms. The number of nitriles is 2. The lowest BCUT2D eigenvalue weighted by molar-refractivity contribution is 0.196. The van der Waals surface area contributed by atoms with Crippen molar-refractivity contribution in [1.29, 1.82) is 10.5 Å². The van der Waals surface area contributed by atoms with Gasteiger partial charge in [-0.2, -0.15) is 34.3 Å². The number of aromatic nitrogens is 6. The zero-order valence-corrected chi connectivity index (χ0v) is 25.0. The summed E-state index contributed by atoms with van der Waals surface area (Å²) in [5.41, 5.74) is 0. The Bertz CT molecular complexity index is 1510. The molecule has 2 aliphatic rings. The first-order valence-electron chi connectivity index (χ1n) is 13.1. The van der Waals surface area contributed by atoms with E-state index in [0.717, 1.165) is 12.4 Å². The molecule has 0 amide bonds. The smallest absolute Gasteiger partial charge is 0.257 e. The first-order valence-corrected chi connectivity index (χ1v) is 14.3. The molecule has 1 atom stereocenters. The summed E-state index contributed by atoms with van der Waals surface area (Å²) in [7, 11) is 0. The van der Waals surface area contributed by atoms with Gasteiger partial charge in [-0.3, -0.25) is 0 Å². The van der Waals surface area contributed by atoms with Gasteiger partial charge in [0, 0.05) is 38.0 Å². The first-order chi connectivity index (χ1) is 20.6. The number of anilines is 2. The molecule has 0 aliphatic carbocycles. The predicted molar refractivity (Wildman–Crippen MR) is 151 cm³/mol. The zero-order chi connectivity index (χ0) is 31.1. The minimum Gasteiger partial charge on any atom is -0.464 e. The summed E-state index contributed by atoms with van der Waals surface area (Å²) in [6, 6.07) is 4.42. The predicted octanol–water partition coefficient (Wildman–Crippen LogP) is 5.74. The Morgan fingerprint density at radius 3 is 1.74 bits per heavy atom. The minimum atomic E-state index is -0.770. The van der Waals surface area contributed by atoms with E-state index in [2.05, 4.69) is 42.0 Å². The van der Waals surface area contributed by atoms with E-state index in [0.29, 0.717) is 51.9 Å². The van der Waals surface area contributed by atoms with E-state index in [1.165, 1.54) is 0 Å². The van der Waals surface area contributed by atoms with Crippen molar-refractivity contribution in [2.24, 2.45) is 11.8 Å². The molecule has 0 N–H and O–H groups in total. The summed E-state index contributed by atoms with van der Waals surface area (Å²) in [4.78, 5) is 26.2. The number of nitrogens with zero attached hydrogens (tertiary/aromatic N) is 10. The molecule has 2 fully saturated rings. The van der Waals surface area contributed by atoms with Crippen LogP contribution < -0.4 is 14.5 Å². The van der Waals surface area contributed by atoms with Crippen molar-refractivity contribution in [1.82, 2.24) is 29.9 Å². The quantitative estimate of drug-likeness (QED) is 0.245. The SMILES string of the molecule is CC(Oc1nc(Cl)nc(N2CCC(C#N)CC2)c1F)c1ncc(F)cn1.N#CC1CCN(c2nc(Cl)nc(Cl)c2F)CC1. The van der Waals surface area contributed by atoms with E-state index >= 15 is 0 Å². The maximum absolute atomic E-state index is 14.8. The van der Waals surface area contributed by atoms with E-state index in [1.54, 1.807) is 16.7 Å². The van der Waals surface area contributed by atoms with Crippen molar-refractivity contribution in [2.45, 2.75) is 38.7 Å². The highest BCUT2D eigenvalue weighted by atomic mass is 35.5. The standard InChI is InChI=1S/C16H15ClF2N6O.C10H9Cl2FN4/c1-9(13-21-7-11(18)8-22-13)26-15-12(19)14(23-16(17)24-15)25-4-2-10(6-20)3-5-25;11-8-7(13)9(16-10(12)15-8)17-3-1-6(5-14)2-4-17/h7-10H,2-5H2,1H3;6H,1-4H2. The average molecular weight is 656 g/mol. The van der Waals surface area contributed by atoms with E-state index < -0.39 is 23.6 Å². The molecule has 11 nitrogen and oxygen atoms in total. The van der Waals surface area contributed by atoms with Crippen LogP contribution in [0, 0.1) is 51.9 Å². The van der Waals surface area contributed by atoms with E-state index in [-0.39, 0.29) is 50.9 Å². The second kappa shape index (κ2) is 14.6. The molecule has 2 aliphatic heterocycles. The van der Waals surface area contributed by atoms with E-state index in [9.17, 15) is 13.2 Å². The third kappa shape index (κ3) is 8.22. The lowest BCUT2D eigenvalue weighted by Gasteiger charge is -2.30. The summed E-state index contributed by atoms with van der Waals surface area (Å²) < 4.78 is 47.0. The molecule has 0 radical (unpaired) electrons. The number of hydrogen-bond donors (Lipinski definition) is 0. The van der Waals surface area contributed by atoms with Crippen LogP contribution in [-0.4, -0.2) is 56.1 Å². The summed E-state index contributed by atoms with van der Waals surface area (Å²) in [6.45, 7) is 3.69. The molecular weight excluding hydrogens is 632 g/mol. The maximum atomic E-state index is 14.8. The van der Waals surface area contributed by atoms with Crippen LogP contribution in [0.1, 0.15) is 44.5 Å². The van der Waals surface area contributed by atoms with Crippen LogP contribution in [0.15, 0.2) is 12.4 Å².